The van der Waals surface area contributed by atoms with E-state index in [0.717, 1.165) is 36.6 Å². The molecule has 0 bridgehead atoms. The van der Waals surface area contributed by atoms with Crippen molar-refractivity contribution in [1.82, 2.24) is 10.6 Å². The Morgan fingerprint density at radius 3 is 2.73 bits per heavy atom. The van der Waals surface area contributed by atoms with Gasteiger partial charge in [-0.2, -0.15) is 0 Å². The molecule has 22 heavy (non-hydrogen) atoms. The van der Waals surface area contributed by atoms with E-state index >= 15 is 0 Å². The van der Waals surface area contributed by atoms with Crippen LogP contribution >= 0.6 is 0 Å². The van der Waals surface area contributed by atoms with E-state index in [1.165, 1.54) is 0 Å². The molecule has 1 amide bonds. The maximum Gasteiger partial charge on any atom is 0.224 e. The Morgan fingerprint density at radius 2 is 2.05 bits per heavy atom. The number of benzene rings is 1. The number of rotatable bonds is 4. The van der Waals surface area contributed by atoms with Crippen LogP contribution in [-0.4, -0.2) is 32.2 Å². The number of carbonyl (C=O) groups is 1. The molecule has 5 heteroatoms. The molecule has 2 aliphatic heterocycles. The van der Waals surface area contributed by atoms with Gasteiger partial charge in [0.15, 0.2) is 11.5 Å². The second-order valence-corrected chi connectivity index (χ2v) is 6.32. The van der Waals surface area contributed by atoms with Gasteiger partial charge in [0.2, 0.25) is 5.91 Å². The van der Waals surface area contributed by atoms with Crippen molar-refractivity contribution in [3.05, 3.63) is 23.8 Å². The van der Waals surface area contributed by atoms with E-state index in [1.54, 1.807) is 0 Å². The highest BCUT2D eigenvalue weighted by atomic mass is 16.6. The highest BCUT2D eigenvalue weighted by molar-refractivity contribution is 5.79. The average Bonchev–Trinajstić information content (AvgIpc) is 3.06. The zero-order chi connectivity index (χ0) is 15.5. The smallest absolute Gasteiger partial charge is 0.224 e. The van der Waals surface area contributed by atoms with Gasteiger partial charge < -0.3 is 20.1 Å². The minimum Gasteiger partial charge on any atom is -0.486 e. The standard InChI is InChI=1S/C17H24N2O3/c1-11(2)16(19-17(20)13-5-6-18-10-13)12-3-4-14-15(9-12)22-8-7-21-14/h3-4,9,11,13,16,18H,5-8,10H2,1-2H3,(H,19,20). The summed E-state index contributed by atoms with van der Waals surface area (Å²) in [6.45, 7) is 7.10. The van der Waals surface area contributed by atoms with E-state index in [1.807, 2.05) is 18.2 Å². The summed E-state index contributed by atoms with van der Waals surface area (Å²) in [5.41, 5.74) is 1.07. The van der Waals surface area contributed by atoms with Crippen molar-refractivity contribution in [1.29, 1.82) is 0 Å². The molecule has 0 saturated carbocycles. The maximum absolute atomic E-state index is 12.4. The number of hydrogen-bond acceptors (Lipinski definition) is 4. The molecule has 2 aliphatic rings. The molecule has 120 valence electrons. The van der Waals surface area contributed by atoms with Crippen LogP contribution in [0.1, 0.15) is 31.9 Å². The number of ether oxygens (including phenoxy) is 2. The van der Waals surface area contributed by atoms with Crippen LogP contribution in [0.25, 0.3) is 0 Å². The summed E-state index contributed by atoms with van der Waals surface area (Å²) in [5.74, 6) is 2.08. The Hall–Kier alpha value is -1.75. The predicted molar refractivity (Wildman–Crippen MR) is 84.1 cm³/mol. The van der Waals surface area contributed by atoms with Gasteiger partial charge in [-0.3, -0.25) is 4.79 Å². The molecule has 3 rings (SSSR count). The van der Waals surface area contributed by atoms with Crippen molar-refractivity contribution in [3.8, 4) is 11.5 Å². The second kappa shape index (κ2) is 6.57. The molecular formula is C17H24N2O3. The van der Waals surface area contributed by atoms with Gasteiger partial charge in [-0.1, -0.05) is 19.9 Å². The first-order valence-electron chi connectivity index (χ1n) is 8.06. The third kappa shape index (κ3) is 3.19. The maximum atomic E-state index is 12.4. The van der Waals surface area contributed by atoms with Gasteiger partial charge in [0, 0.05) is 6.54 Å². The molecule has 0 radical (unpaired) electrons. The fourth-order valence-corrected chi connectivity index (χ4v) is 3.04. The SMILES string of the molecule is CC(C)C(NC(=O)C1CCNC1)c1ccc2c(c1)OCCO2. The highest BCUT2D eigenvalue weighted by Crippen LogP contribution is 2.34. The molecule has 2 atom stereocenters. The Balaban J connectivity index is 1.77. The molecule has 1 fully saturated rings. The van der Waals surface area contributed by atoms with Crippen molar-refractivity contribution < 1.29 is 14.3 Å². The van der Waals surface area contributed by atoms with Crippen molar-refractivity contribution in [2.24, 2.45) is 11.8 Å². The fraction of sp³-hybridized carbons (Fsp3) is 0.588. The number of nitrogens with one attached hydrogen (secondary N) is 2. The summed E-state index contributed by atoms with van der Waals surface area (Å²) < 4.78 is 11.2. The molecule has 1 aromatic carbocycles. The lowest BCUT2D eigenvalue weighted by atomic mass is 9.94. The van der Waals surface area contributed by atoms with E-state index in [9.17, 15) is 4.79 Å². The van der Waals surface area contributed by atoms with E-state index in [4.69, 9.17) is 9.47 Å². The third-order valence-electron chi connectivity index (χ3n) is 4.32. The minimum absolute atomic E-state index is 0.0103. The van der Waals surface area contributed by atoms with Crippen LogP contribution in [0.3, 0.4) is 0 Å². The van der Waals surface area contributed by atoms with E-state index in [2.05, 4.69) is 24.5 Å². The monoisotopic (exact) mass is 304 g/mol. The van der Waals surface area contributed by atoms with Crippen molar-refractivity contribution in [3.63, 3.8) is 0 Å². The molecule has 1 aromatic rings. The summed E-state index contributed by atoms with van der Waals surface area (Å²) in [4.78, 5) is 12.4. The molecule has 0 aromatic heterocycles. The summed E-state index contributed by atoms with van der Waals surface area (Å²) in [6, 6.07) is 5.93. The van der Waals surface area contributed by atoms with Crippen LogP contribution in [-0.2, 0) is 4.79 Å². The first-order valence-corrected chi connectivity index (χ1v) is 8.06. The zero-order valence-corrected chi connectivity index (χ0v) is 13.2. The highest BCUT2D eigenvalue weighted by Gasteiger charge is 2.27. The number of carbonyl (C=O) groups excluding carboxylic acids is 1. The topological polar surface area (TPSA) is 59.6 Å². The molecule has 2 heterocycles. The van der Waals surface area contributed by atoms with Gasteiger partial charge in [0.25, 0.3) is 0 Å². The van der Waals surface area contributed by atoms with Crippen LogP contribution in [0.2, 0.25) is 0 Å². The van der Waals surface area contributed by atoms with Gasteiger partial charge in [0.1, 0.15) is 13.2 Å². The zero-order valence-electron chi connectivity index (χ0n) is 13.2. The molecule has 5 nitrogen and oxygen atoms in total. The fourth-order valence-electron chi connectivity index (χ4n) is 3.04. The van der Waals surface area contributed by atoms with Crippen molar-refractivity contribution in [2.45, 2.75) is 26.3 Å². The van der Waals surface area contributed by atoms with Gasteiger partial charge in [-0.15, -0.1) is 0 Å². The largest absolute Gasteiger partial charge is 0.486 e. The van der Waals surface area contributed by atoms with Crippen LogP contribution in [0.5, 0.6) is 11.5 Å². The summed E-state index contributed by atoms with van der Waals surface area (Å²) >= 11 is 0. The first kappa shape index (κ1) is 15.2. The van der Waals surface area contributed by atoms with Crippen LogP contribution < -0.4 is 20.1 Å². The lowest BCUT2D eigenvalue weighted by molar-refractivity contribution is -0.125. The third-order valence-corrected chi connectivity index (χ3v) is 4.32. The average molecular weight is 304 g/mol. The number of amides is 1. The molecule has 2 N–H and O–H groups in total. The van der Waals surface area contributed by atoms with Crippen LogP contribution in [0.15, 0.2) is 18.2 Å². The predicted octanol–water partition coefficient (Wildman–Crippen LogP) is 1.88. The Kier molecular flexibility index (Phi) is 4.52. The second-order valence-electron chi connectivity index (χ2n) is 6.32. The van der Waals surface area contributed by atoms with Gasteiger partial charge in [-0.25, -0.2) is 0 Å². The van der Waals surface area contributed by atoms with Gasteiger partial charge in [-0.05, 0) is 36.6 Å². The van der Waals surface area contributed by atoms with E-state index in [0.29, 0.717) is 19.1 Å². The molecule has 2 unspecified atom stereocenters. The molecule has 0 aliphatic carbocycles. The van der Waals surface area contributed by atoms with Crippen LogP contribution in [0.4, 0.5) is 0 Å². The molecular weight excluding hydrogens is 280 g/mol. The summed E-state index contributed by atoms with van der Waals surface area (Å²) in [6.07, 6.45) is 0.914. The van der Waals surface area contributed by atoms with E-state index < -0.39 is 0 Å². The van der Waals surface area contributed by atoms with Crippen LogP contribution in [0, 0.1) is 11.8 Å². The Bertz CT molecular complexity index is 539. The molecule has 1 saturated heterocycles. The quantitative estimate of drug-likeness (QED) is 0.892. The lowest BCUT2D eigenvalue weighted by Crippen LogP contribution is -2.37. The lowest BCUT2D eigenvalue weighted by Gasteiger charge is -2.26. The summed E-state index contributed by atoms with van der Waals surface area (Å²) in [5, 5.41) is 6.45. The number of hydrogen-bond donors (Lipinski definition) is 2. The first-order chi connectivity index (χ1) is 10.6. The normalized spacial score (nSPS) is 21.7. The number of fused-ring (bicyclic) bond motifs is 1. The minimum atomic E-state index is -0.0103. The summed E-state index contributed by atoms with van der Waals surface area (Å²) in [7, 11) is 0. The Labute approximate surface area is 131 Å². The van der Waals surface area contributed by atoms with Crippen molar-refractivity contribution >= 4 is 5.91 Å². The van der Waals surface area contributed by atoms with Gasteiger partial charge >= 0.3 is 0 Å². The molecule has 0 spiro atoms. The Morgan fingerprint density at radius 1 is 1.27 bits per heavy atom. The van der Waals surface area contributed by atoms with E-state index in [-0.39, 0.29) is 17.9 Å². The van der Waals surface area contributed by atoms with Crippen molar-refractivity contribution in [2.75, 3.05) is 26.3 Å². The van der Waals surface area contributed by atoms with Gasteiger partial charge in [0.05, 0.1) is 12.0 Å².